The van der Waals surface area contributed by atoms with Crippen molar-refractivity contribution in [1.29, 1.82) is 0 Å². The van der Waals surface area contributed by atoms with Crippen molar-refractivity contribution in [3.8, 4) is 0 Å². The van der Waals surface area contributed by atoms with Gasteiger partial charge in [-0.25, -0.2) is 4.79 Å². The Hall–Kier alpha value is -2.33. The Kier molecular flexibility index (Phi) is 3.16. The minimum atomic E-state index is -0.625. The SMILES string of the molecule is NC(=O)N1C2=C(CC=CC=C2)CC(O)c2ccccc21. The lowest BCUT2D eigenvalue weighted by molar-refractivity contribution is 0.179. The number of hydrogen-bond donors (Lipinski definition) is 2. The van der Waals surface area contributed by atoms with Crippen LogP contribution in [-0.2, 0) is 0 Å². The summed E-state index contributed by atoms with van der Waals surface area (Å²) in [5, 5.41) is 10.4. The van der Waals surface area contributed by atoms with Crippen LogP contribution in [0.15, 0.2) is 59.8 Å². The summed E-state index contributed by atoms with van der Waals surface area (Å²) in [5.74, 6) is 0. The number of carbonyl (C=O) groups is 1. The van der Waals surface area contributed by atoms with E-state index < -0.39 is 12.1 Å². The number of nitrogens with two attached hydrogens (primary N) is 1. The van der Waals surface area contributed by atoms with E-state index in [0.29, 0.717) is 18.5 Å². The molecule has 0 aromatic heterocycles. The number of amides is 2. The van der Waals surface area contributed by atoms with E-state index in [9.17, 15) is 9.90 Å². The Labute approximate surface area is 117 Å². The van der Waals surface area contributed by atoms with Gasteiger partial charge in [0, 0.05) is 12.0 Å². The molecule has 1 heterocycles. The van der Waals surface area contributed by atoms with E-state index in [1.165, 1.54) is 4.90 Å². The smallest absolute Gasteiger partial charge is 0.323 e. The van der Waals surface area contributed by atoms with E-state index in [4.69, 9.17) is 5.73 Å². The van der Waals surface area contributed by atoms with Crippen LogP contribution in [0.25, 0.3) is 0 Å². The maximum atomic E-state index is 11.9. The van der Waals surface area contributed by atoms with Crippen LogP contribution in [0.1, 0.15) is 24.5 Å². The summed E-state index contributed by atoms with van der Waals surface area (Å²) < 4.78 is 0. The third kappa shape index (κ3) is 2.04. The van der Waals surface area contributed by atoms with Gasteiger partial charge < -0.3 is 10.8 Å². The zero-order valence-corrected chi connectivity index (χ0v) is 11.0. The molecule has 0 saturated carbocycles. The van der Waals surface area contributed by atoms with Crippen LogP contribution in [0.2, 0.25) is 0 Å². The molecule has 4 nitrogen and oxygen atoms in total. The number of nitrogens with zero attached hydrogens (tertiary/aromatic N) is 1. The van der Waals surface area contributed by atoms with Gasteiger partial charge in [-0.05, 0) is 24.1 Å². The van der Waals surface area contributed by atoms with E-state index in [1.54, 1.807) is 0 Å². The highest BCUT2D eigenvalue weighted by atomic mass is 16.3. The first-order valence-corrected chi connectivity index (χ1v) is 6.60. The zero-order chi connectivity index (χ0) is 14.1. The molecule has 2 aliphatic rings. The van der Waals surface area contributed by atoms with E-state index >= 15 is 0 Å². The summed E-state index contributed by atoms with van der Waals surface area (Å²) in [5.41, 5.74) is 8.74. The number of rotatable bonds is 0. The average molecular weight is 268 g/mol. The van der Waals surface area contributed by atoms with Gasteiger partial charge in [0.05, 0.1) is 17.5 Å². The maximum absolute atomic E-state index is 11.9. The van der Waals surface area contributed by atoms with Crippen molar-refractivity contribution in [3.63, 3.8) is 0 Å². The lowest BCUT2D eigenvalue weighted by Crippen LogP contribution is -2.35. The van der Waals surface area contributed by atoms with Gasteiger partial charge >= 0.3 is 6.03 Å². The molecule has 3 N–H and O–H groups in total. The van der Waals surface area contributed by atoms with Gasteiger partial charge in [0.1, 0.15) is 0 Å². The minimum absolute atomic E-state index is 0.505. The number of hydrogen-bond acceptors (Lipinski definition) is 2. The van der Waals surface area contributed by atoms with Crippen LogP contribution in [0.5, 0.6) is 0 Å². The molecule has 0 radical (unpaired) electrons. The van der Waals surface area contributed by atoms with E-state index in [2.05, 4.69) is 0 Å². The number of allylic oxidation sites excluding steroid dienone is 4. The number of anilines is 1. The molecule has 1 atom stereocenters. The fourth-order valence-corrected chi connectivity index (χ4v) is 2.76. The Morgan fingerprint density at radius 1 is 1.30 bits per heavy atom. The lowest BCUT2D eigenvalue weighted by Gasteiger charge is -2.23. The zero-order valence-electron chi connectivity index (χ0n) is 11.0. The highest BCUT2D eigenvalue weighted by molar-refractivity contribution is 5.96. The van der Waals surface area contributed by atoms with Crippen LogP contribution in [0.4, 0.5) is 10.5 Å². The van der Waals surface area contributed by atoms with Crippen LogP contribution in [-0.4, -0.2) is 11.1 Å². The molecule has 2 amide bonds. The number of primary amides is 1. The number of urea groups is 1. The molecule has 20 heavy (non-hydrogen) atoms. The van der Waals surface area contributed by atoms with Gasteiger partial charge in [0.15, 0.2) is 0 Å². The Morgan fingerprint density at radius 2 is 2.10 bits per heavy atom. The second-order valence-electron chi connectivity index (χ2n) is 4.93. The predicted molar refractivity (Wildman–Crippen MR) is 78.0 cm³/mol. The van der Waals surface area contributed by atoms with Crippen molar-refractivity contribution in [2.24, 2.45) is 5.73 Å². The molecule has 1 aromatic rings. The molecule has 1 unspecified atom stereocenters. The first-order valence-electron chi connectivity index (χ1n) is 6.60. The normalized spacial score (nSPS) is 21.1. The molecule has 3 rings (SSSR count). The first-order chi connectivity index (χ1) is 9.68. The van der Waals surface area contributed by atoms with Gasteiger partial charge in [-0.1, -0.05) is 36.4 Å². The third-order valence-electron chi connectivity index (χ3n) is 3.67. The van der Waals surface area contributed by atoms with Crippen molar-refractivity contribution >= 4 is 11.7 Å². The summed E-state index contributed by atoms with van der Waals surface area (Å²) in [4.78, 5) is 13.4. The van der Waals surface area contributed by atoms with Crippen molar-refractivity contribution in [2.75, 3.05) is 4.90 Å². The summed E-state index contributed by atoms with van der Waals surface area (Å²) in [6.07, 6.45) is 8.30. The predicted octanol–water partition coefficient (Wildman–Crippen LogP) is 2.78. The van der Waals surface area contributed by atoms with Crippen molar-refractivity contribution < 1.29 is 9.90 Å². The van der Waals surface area contributed by atoms with Crippen LogP contribution >= 0.6 is 0 Å². The number of aliphatic hydroxyl groups excluding tert-OH is 1. The lowest BCUT2D eigenvalue weighted by atomic mass is 9.99. The van der Waals surface area contributed by atoms with E-state index in [-0.39, 0.29) is 0 Å². The van der Waals surface area contributed by atoms with Gasteiger partial charge in [0.25, 0.3) is 0 Å². The van der Waals surface area contributed by atoms with E-state index in [0.717, 1.165) is 16.8 Å². The first kappa shape index (κ1) is 12.7. The van der Waals surface area contributed by atoms with Crippen molar-refractivity contribution in [3.05, 3.63) is 65.4 Å². The molecule has 4 heteroatoms. The summed E-state index contributed by atoms with van der Waals surface area (Å²) in [7, 11) is 0. The van der Waals surface area contributed by atoms with Crippen molar-refractivity contribution in [2.45, 2.75) is 18.9 Å². The number of para-hydroxylation sites is 1. The minimum Gasteiger partial charge on any atom is -0.388 e. The summed E-state index contributed by atoms with van der Waals surface area (Å²) in [6.45, 7) is 0. The molecular weight excluding hydrogens is 252 g/mol. The Morgan fingerprint density at radius 3 is 2.90 bits per heavy atom. The number of carbonyl (C=O) groups excluding carboxylic acids is 1. The molecule has 0 spiro atoms. The fourth-order valence-electron chi connectivity index (χ4n) is 2.76. The monoisotopic (exact) mass is 268 g/mol. The van der Waals surface area contributed by atoms with Gasteiger partial charge in [0.2, 0.25) is 0 Å². The van der Waals surface area contributed by atoms with Crippen LogP contribution in [0, 0.1) is 0 Å². The molecule has 1 aliphatic carbocycles. The molecule has 1 aliphatic heterocycles. The highest BCUT2D eigenvalue weighted by Gasteiger charge is 2.28. The standard InChI is InChI=1S/C16H16N2O2/c17-16(20)18-13-8-3-1-2-6-11(13)10-15(19)12-7-4-5-9-14(12)18/h1-5,7-9,15,19H,6,10H2,(H2,17,20). The Balaban J connectivity index is 2.22. The quantitative estimate of drug-likeness (QED) is 0.759. The average Bonchev–Trinajstić information content (AvgIpc) is 2.70. The van der Waals surface area contributed by atoms with Gasteiger partial charge in [-0.15, -0.1) is 0 Å². The second-order valence-corrected chi connectivity index (χ2v) is 4.93. The topological polar surface area (TPSA) is 66.6 Å². The fraction of sp³-hybridized carbons (Fsp3) is 0.188. The molecule has 0 fully saturated rings. The van der Waals surface area contributed by atoms with Crippen LogP contribution < -0.4 is 10.6 Å². The van der Waals surface area contributed by atoms with Gasteiger partial charge in [-0.3, -0.25) is 4.90 Å². The molecular formula is C16H16N2O2. The number of aliphatic hydroxyl groups is 1. The molecule has 1 aromatic carbocycles. The maximum Gasteiger partial charge on any atom is 0.323 e. The summed E-state index contributed by atoms with van der Waals surface area (Å²) in [6, 6.07) is 6.80. The van der Waals surface area contributed by atoms with Crippen LogP contribution in [0.3, 0.4) is 0 Å². The molecule has 102 valence electrons. The highest BCUT2D eigenvalue weighted by Crippen LogP contribution is 2.39. The summed E-state index contributed by atoms with van der Waals surface area (Å²) >= 11 is 0. The third-order valence-corrected chi connectivity index (χ3v) is 3.67. The van der Waals surface area contributed by atoms with Gasteiger partial charge in [-0.2, -0.15) is 0 Å². The second kappa shape index (κ2) is 4.98. The number of fused-ring (bicyclic) bond motifs is 1. The number of benzene rings is 1. The van der Waals surface area contributed by atoms with E-state index in [1.807, 2.05) is 48.6 Å². The molecule has 0 saturated heterocycles. The largest absolute Gasteiger partial charge is 0.388 e. The van der Waals surface area contributed by atoms with Crippen molar-refractivity contribution in [1.82, 2.24) is 0 Å². The Bertz CT molecular complexity index is 644. The molecule has 0 bridgehead atoms.